The Hall–Kier alpha value is -0.380. The molecule has 0 amide bonds. The van der Waals surface area contributed by atoms with Gasteiger partial charge in [-0.25, -0.2) is 0 Å². The minimum Gasteiger partial charge on any atom is -0.184 e. The third-order valence-electron chi connectivity index (χ3n) is 0.327. The maximum absolute atomic E-state index is 7.95. The van der Waals surface area contributed by atoms with Gasteiger partial charge in [0.2, 0.25) is 0 Å². The molecule has 0 aliphatic carbocycles. The van der Waals surface area contributed by atoms with Crippen LogP contribution in [0, 0.1) is 0 Å². The van der Waals surface area contributed by atoms with Gasteiger partial charge in [0.05, 0.1) is 0 Å². The maximum atomic E-state index is 7.95. The molecule has 0 spiro atoms. The van der Waals surface area contributed by atoms with Crippen molar-refractivity contribution in [1.29, 1.82) is 0 Å². The zero-order valence-electron chi connectivity index (χ0n) is 3.39. The van der Waals surface area contributed by atoms with Crippen LogP contribution in [0.5, 0.6) is 0 Å². The summed E-state index contributed by atoms with van der Waals surface area (Å²) >= 11 is 0. The molecular formula is C3H8NO2+. The molecule has 0 rings (SSSR count). The van der Waals surface area contributed by atoms with Crippen molar-refractivity contribution < 1.29 is 15.6 Å². The van der Waals surface area contributed by atoms with E-state index in [0.717, 1.165) is 0 Å². The maximum Gasteiger partial charge on any atom is 0.158 e. The van der Waals surface area contributed by atoms with Crippen molar-refractivity contribution in [3.63, 3.8) is 0 Å². The summed E-state index contributed by atoms with van der Waals surface area (Å²) in [4.78, 5) is 0. The highest BCUT2D eigenvalue weighted by Gasteiger charge is 1.85. The number of nitrogens with one attached hydrogen (secondary N) is 1. The fourth-order valence-corrected chi connectivity index (χ4v) is 0.129. The molecule has 3 nitrogen and oxygen atoms in total. The zero-order chi connectivity index (χ0) is 4.99. The molecule has 0 fully saturated rings. The molecular weight excluding hydrogens is 82.0 g/mol. The molecule has 0 aliphatic rings. The van der Waals surface area contributed by atoms with E-state index in [1.807, 2.05) is 0 Å². The molecule has 0 bridgehead atoms. The summed E-state index contributed by atoms with van der Waals surface area (Å²) in [5.74, 6) is 0. The molecule has 0 aromatic heterocycles. The fourth-order valence-electron chi connectivity index (χ4n) is 0.129. The van der Waals surface area contributed by atoms with E-state index >= 15 is 0 Å². The van der Waals surface area contributed by atoms with Crippen LogP contribution >= 0.6 is 0 Å². The number of rotatable bonds is 2. The lowest BCUT2D eigenvalue weighted by Gasteiger charge is -1.91. The SMILES string of the molecule is C=CC[NH+](O)O. The van der Waals surface area contributed by atoms with Gasteiger partial charge in [0.1, 0.15) is 0 Å². The van der Waals surface area contributed by atoms with Crippen molar-refractivity contribution in [2.45, 2.75) is 0 Å². The summed E-state index contributed by atoms with van der Waals surface area (Å²) < 4.78 is 0. The monoisotopic (exact) mass is 90.1 g/mol. The number of hydrogen-bond acceptors (Lipinski definition) is 2. The number of hydroxylamine groups is 2. The normalized spacial score (nSPS) is 9.17. The van der Waals surface area contributed by atoms with E-state index in [-0.39, 0.29) is 6.54 Å². The Morgan fingerprint density at radius 3 is 2.17 bits per heavy atom. The first-order chi connectivity index (χ1) is 2.77. The van der Waals surface area contributed by atoms with Crippen molar-refractivity contribution in [1.82, 2.24) is 0 Å². The second-order valence-corrected chi connectivity index (χ2v) is 0.909. The minimum absolute atomic E-state index is 0.167. The number of quaternary nitrogens is 1. The molecule has 0 atom stereocenters. The molecule has 0 unspecified atom stereocenters. The van der Waals surface area contributed by atoms with Crippen LogP contribution in [0.1, 0.15) is 0 Å². The predicted octanol–water partition coefficient (Wildman–Crippen LogP) is -1.16. The van der Waals surface area contributed by atoms with Crippen molar-refractivity contribution in [3.05, 3.63) is 12.7 Å². The van der Waals surface area contributed by atoms with Crippen molar-refractivity contribution in [2.75, 3.05) is 6.54 Å². The van der Waals surface area contributed by atoms with Crippen LogP contribution in [-0.4, -0.2) is 17.0 Å². The molecule has 0 saturated heterocycles. The van der Waals surface area contributed by atoms with Crippen molar-refractivity contribution >= 4 is 0 Å². The lowest BCUT2D eigenvalue weighted by molar-refractivity contribution is -1.24. The topological polar surface area (TPSA) is 44.9 Å². The van der Waals surface area contributed by atoms with Crippen LogP contribution in [0.15, 0.2) is 12.7 Å². The van der Waals surface area contributed by atoms with E-state index < -0.39 is 5.23 Å². The van der Waals surface area contributed by atoms with Gasteiger partial charge in [-0.05, 0) is 6.08 Å². The van der Waals surface area contributed by atoms with E-state index in [0.29, 0.717) is 0 Å². The fraction of sp³-hybridized carbons (Fsp3) is 0.333. The third-order valence-corrected chi connectivity index (χ3v) is 0.327. The first kappa shape index (κ1) is 5.62. The smallest absolute Gasteiger partial charge is 0.158 e. The van der Waals surface area contributed by atoms with Gasteiger partial charge in [-0.15, -0.1) is 0 Å². The standard InChI is InChI=1S/C3H7NO2/c1-2-3-4(5)6/h2,5-6H,1,3H2/p+1. The Kier molecular flexibility index (Phi) is 2.66. The van der Waals surface area contributed by atoms with E-state index in [4.69, 9.17) is 10.4 Å². The Bertz CT molecular complexity index is 44.1. The summed E-state index contributed by atoms with van der Waals surface area (Å²) in [6, 6.07) is 0. The van der Waals surface area contributed by atoms with Crippen LogP contribution in [0.4, 0.5) is 0 Å². The molecule has 0 heterocycles. The van der Waals surface area contributed by atoms with Crippen molar-refractivity contribution in [2.24, 2.45) is 0 Å². The molecule has 0 saturated carbocycles. The van der Waals surface area contributed by atoms with Gasteiger partial charge >= 0.3 is 0 Å². The zero-order valence-corrected chi connectivity index (χ0v) is 3.39. The highest BCUT2D eigenvalue weighted by atomic mass is 16.8. The van der Waals surface area contributed by atoms with Gasteiger partial charge in [-0.3, -0.25) is 0 Å². The van der Waals surface area contributed by atoms with E-state index in [2.05, 4.69) is 6.58 Å². The first-order valence-corrected chi connectivity index (χ1v) is 1.62. The Balaban J connectivity index is 2.81. The van der Waals surface area contributed by atoms with E-state index in [1.54, 1.807) is 0 Å². The van der Waals surface area contributed by atoms with Crippen molar-refractivity contribution in [3.8, 4) is 0 Å². The summed E-state index contributed by atoms with van der Waals surface area (Å²) in [6.07, 6.45) is 1.41. The first-order valence-electron chi connectivity index (χ1n) is 1.62. The Morgan fingerprint density at radius 1 is 1.67 bits per heavy atom. The van der Waals surface area contributed by atoms with Crippen LogP contribution in [0.3, 0.4) is 0 Å². The molecule has 0 aromatic rings. The molecule has 0 radical (unpaired) electrons. The molecule has 0 aliphatic heterocycles. The lowest BCUT2D eigenvalue weighted by atomic mass is 10.7. The minimum atomic E-state index is -0.579. The summed E-state index contributed by atoms with van der Waals surface area (Å²) in [6.45, 7) is 3.43. The van der Waals surface area contributed by atoms with Crippen LogP contribution in [0.2, 0.25) is 0 Å². The Labute approximate surface area is 36.0 Å². The molecule has 0 aromatic carbocycles. The molecule has 3 N–H and O–H groups in total. The van der Waals surface area contributed by atoms with Gasteiger partial charge in [0, 0.05) is 0 Å². The molecule has 36 valence electrons. The van der Waals surface area contributed by atoms with Crippen LogP contribution in [-0.2, 0) is 0 Å². The summed E-state index contributed by atoms with van der Waals surface area (Å²) in [5.41, 5.74) is 0. The predicted molar refractivity (Wildman–Crippen MR) is 19.6 cm³/mol. The largest absolute Gasteiger partial charge is 0.184 e. The third kappa shape index (κ3) is 3.62. The van der Waals surface area contributed by atoms with Gasteiger partial charge in [-0.2, -0.15) is 10.4 Å². The second kappa shape index (κ2) is 2.84. The molecule has 6 heavy (non-hydrogen) atoms. The summed E-state index contributed by atoms with van der Waals surface area (Å²) in [7, 11) is 0. The second-order valence-electron chi connectivity index (χ2n) is 0.909. The Morgan fingerprint density at radius 2 is 2.17 bits per heavy atom. The summed E-state index contributed by atoms with van der Waals surface area (Å²) in [5, 5.41) is 15.3. The van der Waals surface area contributed by atoms with Gasteiger partial charge in [-0.1, -0.05) is 11.8 Å². The quantitative estimate of drug-likeness (QED) is 0.296. The average molecular weight is 90.1 g/mol. The molecule has 3 heteroatoms. The van der Waals surface area contributed by atoms with E-state index in [1.165, 1.54) is 6.08 Å². The van der Waals surface area contributed by atoms with Gasteiger partial charge in [0.15, 0.2) is 6.54 Å². The van der Waals surface area contributed by atoms with Gasteiger partial charge < -0.3 is 0 Å². The van der Waals surface area contributed by atoms with Gasteiger partial charge in [0.25, 0.3) is 0 Å². The van der Waals surface area contributed by atoms with E-state index in [9.17, 15) is 0 Å². The van der Waals surface area contributed by atoms with Crippen LogP contribution in [0.25, 0.3) is 0 Å². The average Bonchev–Trinajstić information content (AvgIpc) is 1.35. The lowest BCUT2D eigenvalue weighted by Crippen LogP contribution is -3.06. The highest BCUT2D eigenvalue weighted by molar-refractivity contribution is 4.60. The number of hydrogen-bond donors (Lipinski definition) is 3. The highest BCUT2D eigenvalue weighted by Crippen LogP contribution is 1.42. The van der Waals surface area contributed by atoms with Crippen LogP contribution < -0.4 is 5.23 Å².